The van der Waals surface area contributed by atoms with Gasteiger partial charge in [-0.3, -0.25) is 4.79 Å². The number of benzene rings is 1. The van der Waals surface area contributed by atoms with Gasteiger partial charge in [-0.15, -0.1) is 0 Å². The van der Waals surface area contributed by atoms with Gasteiger partial charge in [0.2, 0.25) is 11.8 Å². The van der Waals surface area contributed by atoms with Crippen molar-refractivity contribution in [3.8, 4) is 17.4 Å². The number of carbonyl (C=O) groups excluding carboxylic acids is 1. The van der Waals surface area contributed by atoms with E-state index in [-0.39, 0.29) is 11.8 Å². The number of methoxy groups -OCH3 is 1. The third-order valence-electron chi connectivity index (χ3n) is 4.90. The lowest BCUT2D eigenvalue weighted by Gasteiger charge is -2.16. The van der Waals surface area contributed by atoms with Crippen molar-refractivity contribution in [3.63, 3.8) is 0 Å². The van der Waals surface area contributed by atoms with Crippen molar-refractivity contribution < 1.29 is 14.3 Å². The maximum Gasteiger partial charge on any atom is 0.225 e. The molecule has 2 heterocycles. The average molecular weight is 353 g/mol. The Balaban J connectivity index is 1.50. The Morgan fingerprint density at radius 2 is 1.96 bits per heavy atom. The van der Waals surface area contributed by atoms with E-state index in [1.807, 2.05) is 42.2 Å². The van der Waals surface area contributed by atoms with E-state index >= 15 is 0 Å². The van der Waals surface area contributed by atoms with Gasteiger partial charge >= 0.3 is 0 Å². The van der Waals surface area contributed by atoms with Crippen molar-refractivity contribution in [1.29, 1.82) is 0 Å². The second-order valence-corrected chi connectivity index (χ2v) is 7.03. The van der Waals surface area contributed by atoms with Gasteiger partial charge in [-0.25, -0.2) is 4.98 Å². The van der Waals surface area contributed by atoms with Crippen LogP contribution >= 0.6 is 0 Å². The molecule has 0 spiro atoms. The van der Waals surface area contributed by atoms with Gasteiger partial charge in [-0.2, -0.15) is 4.98 Å². The summed E-state index contributed by atoms with van der Waals surface area (Å²) in [6.45, 7) is 3.44. The maximum absolute atomic E-state index is 12.3. The molecule has 2 aromatic rings. The van der Waals surface area contributed by atoms with Crippen LogP contribution in [0.3, 0.4) is 0 Å². The third kappa shape index (κ3) is 3.64. The summed E-state index contributed by atoms with van der Waals surface area (Å²) >= 11 is 0. The molecule has 2 aliphatic rings. The number of amides is 1. The second-order valence-electron chi connectivity index (χ2n) is 7.03. The van der Waals surface area contributed by atoms with E-state index < -0.39 is 0 Å². The summed E-state index contributed by atoms with van der Waals surface area (Å²) in [4.78, 5) is 23.4. The lowest BCUT2D eigenvalue weighted by Crippen LogP contribution is -2.29. The van der Waals surface area contributed by atoms with Crippen molar-refractivity contribution in [2.45, 2.75) is 32.1 Å². The highest BCUT2D eigenvalue weighted by atomic mass is 16.5. The lowest BCUT2D eigenvalue weighted by molar-refractivity contribution is -0.131. The van der Waals surface area contributed by atoms with Crippen LogP contribution in [0.5, 0.6) is 17.4 Å². The predicted octanol–water partition coefficient (Wildman–Crippen LogP) is 3.31. The zero-order valence-corrected chi connectivity index (χ0v) is 15.1. The molecule has 6 nitrogen and oxygen atoms in total. The molecule has 0 bridgehead atoms. The fraction of sp³-hybridized carbons (Fsp3) is 0.450. The Morgan fingerprint density at radius 1 is 1.15 bits per heavy atom. The van der Waals surface area contributed by atoms with Crippen LogP contribution in [0.1, 0.15) is 36.7 Å². The van der Waals surface area contributed by atoms with E-state index in [4.69, 9.17) is 9.47 Å². The molecule has 1 atom stereocenters. The summed E-state index contributed by atoms with van der Waals surface area (Å²) in [5, 5.41) is 0. The number of nitrogens with zero attached hydrogens (tertiary/aromatic N) is 3. The molecule has 0 radical (unpaired) electrons. The third-order valence-corrected chi connectivity index (χ3v) is 4.90. The molecule has 0 N–H and O–H groups in total. The molecule has 136 valence electrons. The van der Waals surface area contributed by atoms with Crippen LogP contribution in [0.4, 0.5) is 0 Å². The Kier molecular flexibility index (Phi) is 4.49. The van der Waals surface area contributed by atoms with Crippen LogP contribution in [0, 0.1) is 12.8 Å². The van der Waals surface area contributed by atoms with Crippen LogP contribution in [0.25, 0.3) is 0 Å². The molecule has 1 amide bonds. The molecule has 26 heavy (non-hydrogen) atoms. The van der Waals surface area contributed by atoms with E-state index in [9.17, 15) is 4.79 Å². The summed E-state index contributed by atoms with van der Waals surface area (Å²) in [7, 11) is 1.63. The van der Waals surface area contributed by atoms with Gasteiger partial charge in [0.25, 0.3) is 0 Å². The molecule has 1 aromatic carbocycles. The highest BCUT2D eigenvalue weighted by Gasteiger charge is 2.37. The van der Waals surface area contributed by atoms with Crippen LogP contribution in [-0.4, -0.2) is 41.0 Å². The minimum absolute atomic E-state index is 0.172. The summed E-state index contributed by atoms with van der Waals surface area (Å²) < 4.78 is 11.1. The van der Waals surface area contributed by atoms with Crippen LogP contribution in [0.15, 0.2) is 30.3 Å². The van der Waals surface area contributed by atoms with E-state index in [0.29, 0.717) is 24.1 Å². The molecular formula is C20H23N3O3. The number of hydrogen-bond donors (Lipinski definition) is 0. The minimum Gasteiger partial charge on any atom is -0.497 e. The van der Waals surface area contributed by atoms with Gasteiger partial charge in [0.05, 0.1) is 7.11 Å². The minimum atomic E-state index is 0.172. The van der Waals surface area contributed by atoms with Gasteiger partial charge < -0.3 is 14.4 Å². The molecular weight excluding hydrogens is 330 g/mol. The number of ether oxygens (including phenoxy) is 2. The molecule has 2 fully saturated rings. The normalized spacial score (nSPS) is 19.5. The van der Waals surface area contributed by atoms with E-state index in [2.05, 4.69) is 9.97 Å². The molecule has 1 aliphatic carbocycles. The first-order valence-electron chi connectivity index (χ1n) is 9.08. The number of rotatable bonds is 5. The molecule has 1 unspecified atom stereocenters. The highest BCUT2D eigenvalue weighted by Crippen LogP contribution is 2.35. The summed E-state index contributed by atoms with van der Waals surface area (Å²) in [5.41, 5.74) is 0.861. The standard InChI is InChI=1S/C20H23N3O3/c1-13-10-18(26-17-5-3-4-16(11-17)25-2)22-19(21-13)15-8-9-23(12-15)20(24)14-6-7-14/h3-5,10-11,14-15H,6-9,12H2,1-2H3. The fourth-order valence-corrected chi connectivity index (χ4v) is 3.34. The first-order valence-corrected chi connectivity index (χ1v) is 9.08. The quantitative estimate of drug-likeness (QED) is 0.825. The smallest absolute Gasteiger partial charge is 0.225 e. The Labute approximate surface area is 153 Å². The average Bonchev–Trinajstić information content (AvgIpc) is 3.37. The largest absolute Gasteiger partial charge is 0.497 e. The van der Waals surface area contributed by atoms with Crippen LogP contribution in [-0.2, 0) is 4.79 Å². The molecule has 1 aromatic heterocycles. The summed E-state index contributed by atoms with van der Waals surface area (Å²) in [6, 6.07) is 9.26. The van der Waals surface area contributed by atoms with Crippen molar-refractivity contribution >= 4 is 5.91 Å². The van der Waals surface area contributed by atoms with E-state index in [1.165, 1.54) is 0 Å². The number of aryl methyl sites for hydroxylation is 1. The molecule has 1 aliphatic heterocycles. The topological polar surface area (TPSA) is 64.6 Å². The predicted molar refractivity (Wildman–Crippen MR) is 96.5 cm³/mol. The van der Waals surface area contributed by atoms with Gasteiger partial charge in [0, 0.05) is 42.8 Å². The van der Waals surface area contributed by atoms with Crippen molar-refractivity contribution in [3.05, 3.63) is 41.9 Å². The molecule has 4 rings (SSSR count). The second kappa shape index (κ2) is 6.94. The van der Waals surface area contributed by atoms with Gasteiger partial charge in [0.1, 0.15) is 17.3 Å². The van der Waals surface area contributed by atoms with E-state index in [1.54, 1.807) is 7.11 Å². The molecule has 1 saturated heterocycles. The number of aromatic nitrogens is 2. The molecule has 6 heteroatoms. The van der Waals surface area contributed by atoms with Crippen LogP contribution < -0.4 is 9.47 Å². The van der Waals surface area contributed by atoms with Crippen molar-refractivity contribution in [2.24, 2.45) is 5.92 Å². The number of hydrogen-bond acceptors (Lipinski definition) is 5. The van der Waals surface area contributed by atoms with Crippen molar-refractivity contribution in [2.75, 3.05) is 20.2 Å². The Hall–Kier alpha value is -2.63. The maximum atomic E-state index is 12.3. The monoisotopic (exact) mass is 353 g/mol. The van der Waals surface area contributed by atoms with E-state index in [0.717, 1.165) is 43.1 Å². The first kappa shape index (κ1) is 16.8. The Bertz CT molecular complexity index is 820. The molecule has 1 saturated carbocycles. The number of likely N-dealkylation sites (tertiary alicyclic amines) is 1. The van der Waals surface area contributed by atoms with Gasteiger partial charge in [-0.1, -0.05) is 6.07 Å². The van der Waals surface area contributed by atoms with Gasteiger partial charge in [-0.05, 0) is 38.3 Å². The van der Waals surface area contributed by atoms with Crippen LogP contribution in [0.2, 0.25) is 0 Å². The lowest BCUT2D eigenvalue weighted by atomic mass is 10.1. The highest BCUT2D eigenvalue weighted by molar-refractivity contribution is 5.81. The Morgan fingerprint density at radius 3 is 2.73 bits per heavy atom. The zero-order valence-electron chi connectivity index (χ0n) is 15.1. The summed E-state index contributed by atoms with van der Waals surface area (Å²) in [5.74, 6) is 3.42. The first-order chi connectivity index (χ1) is 12.6. The van der Waals surface area contributed by atoms with Gasteiger partial charge in [0.15, 0.2) is 0 Å². The summed E-state index contributed by atoms with van der Waals surface area (Å²) in [6.07, 6.45) is 2.99. The SMILES string of the molecule is COc1cccc(Oc2cc(C)nc(C3CCN(C(=O)C4CC4)C3)n2)c1. The van der Waals surface area contributed by atoms with Crippen molar-refractivity contribution in [1.82, 2.24) is 14.9 Å². The number of carbonyl (C=O) groups is 1. The zero-order chi connectivity index (χ0) is 18.1. The fourth-order valence-electron chi connectivity index (χ4n) is 3.34.